The van der Waals surface area contributed by atoms with E-state index in [1.165, 1.54) is 0 Å². The molecule has 19 heavy (non-hydrogen) atoms. The van der Waals surface area contributed by atoms with Crippen LogP contribution in [0.4, 0.5) is 24.5 Å². The van der Waals surface area contributed by atoms with Crippen LogP contribution in [0.5, 0.6) is 0 Å². The number of nitrogens with one attached hydrogen (secondary N) is 1. The number of nitrogens with two attached hydrogens (primary N) is 1. The van der Waals surface area contributed by atoms with Gasteiger partial charge < -0.3 is 15.8 Å². The van der Waals surface area contributed by atoms with Crippen molar-refractivity contribution in [2.45, 2.75) is 19.0 Å². The molecular weight excluding hydrogens is 259 g/mol. The maximum absolute atomic E-state index is 12.5. The zero-order valence-electron chi connectivity index (χ0n) is 10.3. The van der Waals surface area contributed by atoms with Crippen molar-refractivity contribution in [2.75, 3.05) is 30.8 Å². The lowest BCUT2D eigenvalue weighted by Crippen LogP contribution is -2.23. The minimum atomic E-state index is -4.46. The number of aromatic nitrogens is 1. The molecule has 0 amide bonds. The molecule has 1 aliphatic rings. The number of pyridine rings is 1. The van der Waals surface area contributed by atoms with Gasteiger partial charge in [0.25, 0.3) is 0 Å². The number of alkyl halides is 3. The summed E-state index contributed by atoms with van der Waals surface area (Å²) in [7, 11) is 0. The Morgan fingerprint density at radius 2 is 2.05 bits per heavy atom. The molecule has 4 nitrogen and oxygen atoms in total. The second kappa shape index (κ2) is 5.64. The molecule has 0 unspecified atom stereocenters. The second-order valence-corrected chi connectivity index (χ2v) is 4.59. The van der Waals surface area contributed by atoms with Crippen molar-refractivity contribution >= 4 is 11.4 Å². The molecule has 1 aliphatic heterocycles. The van der Waals surface area contributed by atoms with Crippen molar-refractivity contribution in [2.24, 2.45) is 5.92 Å². The number of nitrogen functional groups attached to an aromatic ring is 1. The molecule has 0 saturated carbocycles. The summed E-state index contributed by atoms with van der Waals surface area (Å²) in [4.78, 5) is 3.29. The lowest BCUT2D eigenvalue weighted by Gasteiger charge is -2.23. The van der Waals surface area contributed by atoms with Crippen LogP contribution in [0.25, 0.3) is 0 Å². The summed E-state index contributed by atoms with van der Waals surface area (Å²) in [5.41, 5.74) is 5.21. The van der Waals surface area contributed by atoms with Gasteiger partial charge in [-0.05, 0) is 24.8 Å². The van der Waals surface area contributed by atoms with Crippen LogP contribution in [0.3, 0.4) is 0 Å². The summed E-state index contributed by atoms with van der Waals surface area (Å²) < 4.78 is 42.9. The Morgan fingerprint density at radius 1 is 1.37 bits per heavy atom. The predicted octanol–water partition coefficient (Wildman–Crippen LogP) is 2.52. The molecule has 0 spiro atoms. The van der Waals surface area contributed by atoms with Gasteiger partial charge in [-0.25, -0.2) is 4.98 Å². The summed E-state index contributed by atoms with van der Waals surface area (Å²) in [6.45, 7) is 1.99. The minimum absolute atomic E-state index is 0.222. The molecular formula is C12H16F3N3O. The number of anilines is 2. The van der Waals surface area contributed by atoms with E-state index in [0.29, 0.717) is 25.7 Å². The van der Waals surface area contributed by atoms with Crippen molar-refractivity contribution in [1.29, 1.82) is 0 Å². The molecule has 2 heterocycles. The van der Waals surface area contributed by atoms with Gasteiger partial charge in [-0.15, -0.1) is 0 Å². The van der Waals surface area contributed by atoms with E-state index in [4.69, 9.17) is 10.5 Å². The third-order valence-electron chi connectivity index (χ3n) is 3.15. The van der Waals surface area contributed by atoms with E-state index < -0.39 is 11.9 Å². The molecule has 0 aliphatic carbocycles. The van der Waals surface area contributed by atoms with Crippen LogP contribution in [-0.2, 0) is 10.9 Å². The van der Waals surface area contributed by atoms with E-state index >= 15 is 0 Å². The molecule has 0 radical (unpaired) electrons. The van der Waals surface area contributed by atoms with Crippen molar-refractivity contribution in [3.8, 4) is 0 Å². The Bertz CT molecular complexity index is 431. The Morgan fingerprint density at radius 3 is 2.68 bits per heavy atom. The number of hydrogen-bond acceptors (Lipinski definition) is 4. The average Bonchev–Trinajstić information content (AvgIpc) is 2.37. The third-order valence-corrected chi connectivity index (χ3v) is 3.15. The van der Waals surface area contributed by atoms with E-state index in [2.05, 4.69) is 10.3 Å². The van der Waals surface area contributed by atoms with Crippen LogP contribution in [0.2, 0.25) is 0 Å². The highest BCUT2D eigenvalue weighted by molar-refractivity contribution is 5.65. The Balaban J connectivity index is 2.02. The number of hydrogen-bond donors (Lipinski definition) is 2. The molecule has 2 rings (SSSR count). The van der Waals surface area contributed by atoms with Gasteiger partial charge in [0.2, 0.25) is 0 Å². The van der Waals surface area contributed by atoms with Gasteiger partial charge in [-0.3, -0.25) is 0 Å². The number of halogens is 3. The van der Waals surface area contributed by atoms with Gasteiger partial charge in [-0.2, -0.15) is 13.2 Å². The van der Waals surface area contributed by atoms with Gasteiger partial charge in [0.15, 0.2) is 0 Å². The smallest absolute Gasteiger partial charge is 0.396 e. The summed E-state index contributed by atoms with van der Waals surface area (Å²) in [5, 5.41) is 2.97. The SMILES string of the molecule is Nc1cnc(C(F)(F)F)cc1NCC1CCOCC1. The first-order valence-corrected chi connectivity index (χ1v) is 6.11. The Hall–Kier alpha value is -1.50. The van der Waals surface area contributed by atoms with Crippen LogP contribution >= 0.6 is 0 Å². The zero-order chi connectivity index (χ0) is 13.9. The van der Waals surface area contributed by atoms with E-state index in [0.717, 1.165) is 25.1 Å². The minimum Gasteiger partial charge on any atom is -0.396 e. The fourth-order valence-electron chi connectivity index (χ4n) is 1.98. The van der Waals surface area contributed by atoms with Crippen LogP contribution < -0.4 is 11.1 Å². The molecule has 106 valence electrons. The third kappa shape index (κ3) is 3.73. The van der Waals surface area contributed by atoms with Gasteiger partial charge in [-0.1, -0.05) is 0 Å². The molecule has 7 heteroatoms. The van der Waals surface area contributed by atoms with Crippen molar-refractivity contribution in [3.05, 3.63) is 18.0 Å². The van der Waals surface area contributed by atoms with Crippen LogP contribution in [0.15, 0.2) is 12.3 Å². The van der Waals surface area contributed by atoms with E-state index in [1.54, 1.807) is 0 Å². The molecule has 1 aromatic heterocycles. The van der Waals surface area contributed by atoms with Crippen molar-refractivity contribution < 1.29 is 17.9 Å². The van der Waals surface area contributed by atoms with Crippen molar-refractivity contribution in [3.63, 3.8) is 0 Å². The zero-order valence-corrected chi connectivity index (χ0v) is 10.3. The standard InChI is InChI=1S/C12H16F3N3O/c13-12(14,15)11-5-10(9(16)7-18-11)17-6-8-1-3-19-4-2-8/h5,7-8H,1-4,6,16H2,(H,17,18). The Labute approximate surface area is 109 Å². The summed E-state index contributed by atoms with van der Waals surface area (Å²) in [5.74, 6) is 0.399. The van der Waals surface area contributed by atoms with E-state index in [9.17, 15) is 13.2 Å². The summed E-state index contributed by atoms with van der Waals surface area (Å²) >= 11 is 0. The number of rotatable bonds is 3. The van der Waals surface area contributed by atoms with Gasteiger partial charge in [0, 0.05) is 19.8 Å². The highest BCUT2D eigenvalue weighted by atomic mass is 19.4. The lowest BCUT2D eigenvalue weighted by atomic mass is 10.0. The van der Waals surface area contributed by atoms with E-state index in [1.807, 2.05) is 0 Å². The monoisotopic (exact) mass is 275 g/mol. The molecule has 1 saturated heterocycles. The molecule has 1 aromatic rings. The van der Waals surface area contributed by atoms with Crippen LogP contribution in [-0.4, -0.2) is 24.7 Å². The van der Waals surface area contributed by atoms with Gasteiger partial charge in [0.1, 0.15) is 5.69 Å². The van der Waals surface area contributed by atoms with Gasteiger partial charge >= 0.3 is 6.18 Å². The average molecular weight is 275 g/mol. The quantitative estimate of drug-likeness (QED) is 0.890. The molecule has 0 atom stereocenters. The van der Waals surface area contributed by atoms with Crippen LogP contribution in [0, 0.1) is 5.92 Å². The summed E-state index contributed by atoms with van der Waals surface area (Å²) in [6, 6.07) is 0.953. The molecule has 1 fully saturated rings. The van der Waals surface area contributed by atoms with Crippen LogP contribution in [0.1, 0.15) is 18.5 Å². The molecule has 0 bridgehead atoms. The fraction of sp³-hybridized carbons (Fsp3) is 0.583. The Kier molecular flexibility index (Phi) is 4.14. The molecule has 0 aromatic carbocycles. The maximum Gasteiger partial charge on any atom is 0.433 e. The summed E-state index contributed by atoms with van der Waals surface area (Å²) in [6.07, 6.45) is -1.60. The first kappa shape index (κ1) is 13.9. The van der Waals surface area contributed by atoms with Gasteiger partial charge in [0.05, 0.1) is 17.6 Å². The number of ether oxygens (including phenoxy) is 1. The van der Waals surface area contributed by atoms with E-state index in [-0.39, 0.29) is 11.4 Å². The number of nitrogens with zero attached hydrogens (tertiary/aromatic N) is 1. The highest BCUT2D eigenvalue weighted by Crippen LogP contribution is 2.31. The van der Waals surface area contributed by atoms with Crippen molar-refractivity contribution in [1.82, 2.24) is 4.98 Å². The largest absolute Gasteiger partial charge is 0.433 e. The molecule has 3 N–H and O–H groups in total. The first-order valence-electron chi connectivity index (χ1n) is 6.11. The highest BCUT2D eigenvalue weighted by Gasteiger charge is 2.33. The first-order chi connectivity index (χ1) is 8.97. The predicted molar refractivity (Wildman–Crippen MR) is 65.7 cm³/mol. The lowest BCUT2D eigenvalue weighted by molar-refractivity contribution is -0.141. The maximum atomic E-state index is 12.5. The second-order valence-electron chi connectivity index (χ2n) is 4.59. The normalized spacial score (nSPS) is 17.4. The fourth-order valence-corrected chi connectivity index (χ4v) is 1.98. The topological polar surface area (TPSA) is 60.2 Å².